The molecule has 2 aromatic rings. The second-order valence-corrected chi connectivity index (χ2v) is 5.10. The summed E-state index contributed by atoms with van der Waals surface area (Å²) < 4.78 is 10.2. The number of ether oxygens (including phenoxy) is 2. The Bertz CT molecular complexity index is 558. The number of rotatable bonds is 10. The number of carbonyl (C=O) groups excluding carboxylic acids is 1. The standard InChI is InChI=1S/C17H23N3O3/c1-22-11-12-23-10-9-18-16(21)13-15(17-19-7-8-20-17)14-5-3-2-4-6-14/h2-8,15H,9-13H2,1H3,(H,18,21)(H,19,20)/t15-/m1/s1. The van der Waals surface area contributed by atoms with Gasteiger partial charge in [-0.1, -0.05) is 30.3 Å². The van der Waals surface area contributed by atoms with Crippen LogP contribution in [0.4, 0.5) is 0 Å². The Kier molecular flexibility index (Phi) is 7.29. The maximum absolute atomic E-state index is 12.2. The van der Waals surface area contributed by atoms with Crippen LogP contribution in [-0.4, -0.2) is 49.4 Å². The lowest BCUT2D eigenvalue weighted by Crippen LogP contribution is -2.29. The number of hydrogen-bond donors (Lipinski definition) is 2. The van der Waals surface area contributed by atoms with E-state index in [-0.39, 0.29) is 11.8 Å². The van der Waals surface area contributed by atoms with Crippen LogP contribution in [0.2, 0.25) is 0 Å². The number of hydrogen-bond acceptors (Lipinski definition) is 4. The van der Waals surface area contributed by atoms with Gasteiger partial charge in [0.05, 0.1) is 25.7 Å². The Morgan fingerprint density at radius 2 is 2.09 bits per heavy atom. The lowest BCUT2D eigenvalue weighted by Gasteiger charge is -2.15. The van der Waals surface area contributed by atoms with Crippen LogP contribution < -0.4 is 5.32 Å². The Hall–Kier alpha value is -2.18. The number of amides is 1. The van der Waals surface area contributed by atoms with Gasteiger partial charge in [0.1, 0.15) is 5.82 Å². The second-order valence-electron chi connectivity index (χ2n) is 5.10. The van der Waals surface area contributed by atoms with Crippen LogP contribution in [0, 0.1) is 0 Å². The molecule has 1 atom stereocenters. The average molecular weight is 317 g/mol. The minimum absolute atomic E-state index is 0.0226. The smallest absolute Gasteiger partial charge is 0.221 e. The zero-order valence-electron chi connectivity index (χ0n) is 13.3. The molecule has 1 amide bonds. The molecule has 1 heterocycles. The zero-order chi connectivity index (χ0) is 16.3. The average Bonchev–Trinajstić information content (AvgIpc) is 3.11. The van der Waals surface area contributed by atoms with Gasteiger partial charge in [-0.05, 0) is 5.56 Å². The summed E-state index contributed by atoms with van der Waals surface area (Å²) in [4.78, 5) is 19.6. The van der Waals surface area contributed by atoms with Crippen molar-refractivity contribution in [1.82, 2.24) is 15.3 Å². The van der Waals surface area contributed by atoms with Crippen LogP contribution in [0.5, 0.6) is 0 Å². The van der Waals surface area contributed by atoms with E-state index >= 15 is 0 Å². The molecule has 0 spiro atoms. The second kappa shape index (κ2) is 9.76. The fourth-order valence-corrected chi connectivity index (χ4v) is 2.29. The highest BCUT2D eigenvalue weighted by molar-refractivity contribution is 5.77. The third-order valence-electron chi connectivity index (χ3n) is 3.44. The SMILES string of the molecule is COCCOCCNC(=O)C[C@H](c1ccccc1)c1ncc[nH]1. The van der Waals surface area contributed by atoms with Crippen molar-refractivity contribution in [2.45, 2.75) is 12.3 Å². The van der Waals surface area contributed by atoms with Crippen molar-refractivity contribution in [3.8, 4) is 0 Å². The molecule has 0 fully saturated rings. The number of carbonyl (C=O) groups is 1. The van der Waals surface area contributed by atoms with Gasteiger partial charge in [0.25, 0.3) is 0 Å². The maximum Gasteiger partial charge on any atom is 0.221 e. The molecule has 1 aromatic heterocycles. The molecule has 0 radical (unpaired) electrons. The van der Waals surface area contributed by atoms with Crippen LogP contribution in [0.15, 0.2) is 42.7 Å². The van der Waals surface area contributed by atoms with Crippen molar-refractivity contribution < 1.29 is 14.3 Å². The molecule has 1 aromatic carbocycles. The van der Waals surface area contributed by atoms with Crippen LogP contribution in [-0.2, 0) is 14.3 Å². The van der Waals surface area contributed by atoms with Gasteiger partial charge < -0.3 is 19.8 Å². The molecule has 0 aliphatic carbocycles. The Morgan fingerprint density at radius 1 is 1.26 bits per heavy atom. The van der Waals surface area contributed by atoms with E-state index in [1.54, 1.807) is 19.5 Å². The molecule has 0 saturated carbocycles. The van der Waals surface area contributed by atoms with Gasteiger partial charge in [0.2, 0.25) is 5.91 Å². The molecule has 0 aliphatic rings. The minimum atomic E-state index is -0.0828. The number of nitrogens with one attached hydrogen (secondary N) is 2. The van der Waals surface area contributed by atoms with Crippen molar-refractivity contribution in [2.75, 3.05) is 33.5 Å². The highest BCUT2D eigenvalue weighted by Crippen LogP contribution is 2.24. The lowest BCUT2D eigenvalue weighted by atomic mass is 9.94. The third kappa shape index (κ3) is 5.84. The van der Waals surface area contributed by atoms with Crippen molar-refractivity contribution in [3.63, 3.8) is 0 Å². The number of aromatic amines is 1. The van der Waals surface area contributed by atoms with E-state index in [1.165, 1.54) is 0 Å². The summed E-state index contributed by atoms with van der Waals surface area (Å²) in [6, 6.07) is 9.91. The van der Waals surface area contributed by atoms with Gasteiger partial charge in [0, 0.05) is 32.5 Å². The Balaban J connectivity index is 1.85. The first-order chi connectivity index (χ1) is 11.3. The predicted molar refractivity (Wildman–Crippen MR) is 87.2 cm³/mol. The minimum Gasteiger partial charge on any atom is -0.382 e. The summed E-state index contributed by atoms with van der Waals surface area (Å²) in [5, 5.41) is 2.88. The Labute approximate surface area is 136 Å². The number of H-pyrrole nitrogens is 1. The summed E-state index contributed by atoms with van der Waals surface area (Å²) >= 11 is 0. The molecule has 0 bridgehead atoms. The van der Waals surface area contributed by atoms with E-state index in [2.05, 4.69) is 15.3 Å². The number of aromatic nitrogens is 2. The number of methoxy groups -OCH3 is 1. The summed E-state index contributed by atoms with van der Waals surface area (Å²) in [6.07, 6.45) is 3.81. The topological polar surface area (TPSA) is 76.2 Å². The molecule has 2 N–H and O–H groups in total. The summed E-state index contributed by atoms with van der Waals surface area (Å²) in [6.45, 7) is 2.06. The van der Waals surface area contributed by atoms with Gasteiger partial charge in [-0.2, -0.15) is 0 Å². The summed E-state index contributed by atoms with van der Waals surface area (Å²) in [5.74, 6) is 0.689. The number of nitrogens with zero attached hydrogens (tertiary/aromatic N) is 1. The van der Waals surface area contributed by atoms with Crippen LogP contribution in [0.1, 0.15) is 23.7 Å². The molecule has 0 aliphatic heterocycles. The predicted octanol–water partition coefficient (Wildman–Crippen LogP) is 1.71. The fraction of sp³-hybridized carbons (Fsp3) is 0.412. The van der Waals surface area contributed by atoms with E-state index < -0.39 is 0 Å². The molecule has 0 saturated heterocycles. The van der Waals surface area contributed by atoms with E-state index in [0.717, 1.165) is 11.4 Å². The first-order valence-electron chi connectivity index (χ1n) is 7.69. The quantitative estimate of drug-likeness (QED) is 0.654. The normalized spacial score (nSPS) is 12.0. The molecule has 6 nitrogen and oxygen atoms in total. The van der Waals surface area contributed by atoms with Gasteiger partial charge in [-0.25, -0.2) is 4.98 Å². The molecule has 124 valence electrons. The van der Waals surface area contributed by atoms with Crippen LogP contribution >= 0.6 is 0 Å². The van der Waals surface area contributed by atoms with Crippen molar-refractivity contribution >= 4 is 5.91 Å². The maximum atomic E-state index is 12.2. The fourth-order valence-electron chi connectivity index (χ4n) is 2.29. The summed E-state index contributed by atoms with van der Waals surface area (Å²) in [5.41, 5.74) is 1.06. The largest absolute Gasteiger partial charge is 0.382 e. The van der Waals surface area contributed by atoms with Crippen molar-refractivity contribution in [1.29, 1.82) is 0 Å². The van der Waals surface area contributed by atoms with Crippen molar-refractivity contribution in [2.24, 2.45) is 0 Å². The Morgan fingerprint density at radius 3 is 2.78 bits per heavy atom. The molecular formula is C17H23N3O3. The molecular weight excluding hydrogens is 294 g/mol. The molecule has 6 heteroatoms. The van der Waals surface area contributed by atoms with E-state index in [1.807, 2.05) is 30.3 Å². The highest BCUT2D eigenvalue weighted by Gasteiger charge is 2.19. The van der Waals surface area contributed by atoms with Gasteiger partial charge in [-0.15, -0.1) is 0 Å². The van der Waals surface area contributed by atoms with Gasteiger partial charge in [0.15, 0.2) is 0 Å². The molecule has 23 heavy (non-hydrogen) atoms. The van der Waals surface area contributed by atoms with Gasteiger partial charge in [-0.3, -0.25) is 4.79 Å². The van der Waals surface area contributed by atoms with E-state index in [4.69, 9.17) is 9.47 Å². The van der Waals surface area contributed by atoms with Crippen molar-refractivity contribution in [3.05, 3.63) is 54.1 Å². The van der Waals surface area contributed by atoms with E-state index in [0.29, 0.717) is 32.8 Å². The molecule has 2 rings (SSSR count). The first-order valence-corrected chi connectivity index (χ1v) is 7.69. The summed E-state index contributed by atoms with van der Waals surface area (Å²) in [7, 11) is 1.63. The number of benzene rings is 1. The number of imidazole rings is 1. The first kappa shape index (κ1) is 17.2. The third-order valence-corrected chi connectivity index (χ3v) is 3.44. The van der Waals surface area contributed by atoms with Crippen LogP contribution in [0.25, 0.3) is 0 Å². The highest BCUT2D eigenvalue weighted by atomic mass is 16.5. The lowest BCUT2D eigenvalue weighted by molar-refractivity contribution is -0.121. The zero-order valence-corrected chi connectivity index (χ0v) is 13.3. The van der Waals surface area contributed by atoms with Gasteiger partial charge >= 0.3 is 0 Å². The van der Waals surface area contributed by atoms with Crippen LogP contribution in [0.3, 0.4) is 0 Å². The monoisotopic (exact) mass is 317 g/mol. The van der Waals surface area contributed by atoms with E-state index in [9.17, 15) is 4.79 Å². The molecule has 0 unspecified atom stereocenters.